The first-order valence-corrected chi connectivity index (χ1v) is 15.6. The van der Waals surface area contributed by atoms with Crippen molar-refractivity contribution in [3.63, 3.8) is 0 Å². The van der Waals surface area contributed by atoms with Crippen molar-refractivity contribution < 1.29 is 52.2 Å². The van der Waals surface area contributed by atoms with Crippen LogP contribution in [0.15, 0.2) is 0 Å². The maximum Gasteiger partial charge on any atom is 0.305 e. The van der Waals surface area contributed by atoms with Gasteiger partial charge >= 0.3 is 11.9 Å². The lowest BCUT2D eigenvalue weighted by Gasteiger charge is -2.09. The van der Waals surface area contributed by atoms with E-state index in [4.69, 9.17) is 42.6 Å². The Bertz CT molecular complexity index is 549. The molecule has 0 atom stereocenters. The number of unbranched alkanes of at least 4 members (excludes halogenated alkanes) is 6. The van der Waals surface area contributed by atoms with Crippen LogP contribution >= 0.6 is 0 Å². The predicted octanol–water partition coefficient (Wildman–Crippen LogP) is 4.13. The third-order valence-electron chi connectivity index (χ3n) is 5.65. The molecule has 0 saturated heterocycles. The standard InChI is InChI=1S/C30H58O11/c1-3-5-6-7-8-9-10-12-30(32)41-28-26-39-24-22-37-20-18-35-16-14-33-13-15-34-17-19-36-21-23-38-25-27-40-29(31)11-4-2/h3-28H2,1-2H3. The van der Waals surface area contributed by atoms with Gasteiger partial charge in [-0.25, -0.2) is 0 Å². The molecular weight excluding hydrogens is 536 g/mol. The molecule has 0 aromatic rings. The zero-order valence-corrected chi connectivity index (χ0v) is 25.9. The molecule has 11 nitrogen and oxygen atoms in total. The van der Waals surface area contributed by atoms with Crippen LogP contribution < -0.4 is 0 Å². The van der Waals surface area contributed by atoms with Crippen LogP contribution in [0.2, 0.25) is 0 Å². The highest BCUT2D eigenvalue weighted by Gasteiger charge is 2.03. The van der Waals surface area contributed by atoms with Crippen LogP contribution in [0.1, 0.15) is 78.1 Å². The molecular formula is C30H58O11. The Hall–Kier alpha value is -1.34. The SMILES string of the molecule is CCCCCCCCCC(=O)OCCOCCOCCOCCOCCOCCOCCOCCOC(=O)CCC. The minimum atomic E-state index is -0.188. The highest BCUT2D eigenvalue weighted by atomic mass is 16.6. The summed E-state index contributed by atoms with van der Waals surface area (Å²) in [6.45, 7) is 11.2. The van der Waals surface area contributed by atoms with Crippen LogP contribution in [0.5, 0.6) is 0 Å². The smallest absolute Gasteiger partial charge is 0.305 e. The van der Waals surface area contributed by atoms with Gasteiger partial charge in [0.1, 0.15) is 13.2 Å². The number of hydrogen-bond acceptors (Lipinski definition) is 11. The second-order valence-electron chi connectivity index (χ2n) is 9.35. The zero-order chi connectivity index (χ0) is 29.9. The van der Waals surface area contributed by atoms with Crippen molar-refractivity contribution >= 4 is 11.9 Å². The van der Waals surface area contributed by atoms with E-state index in [1.165, 1.54) is 32.1 Å². The van der Waals surface area contributed by atoms with E-state index in [9.17, 15) is 9.59 Å². The molecule has 0 bridgehead atoms. The fourth-order valence-electron chi connectivity index (χ4n) is 3.43. The summed E-state index contributed by atoms with van der Waals surface area (Å²) >= 11 is 0. The van der Waals surface area contributed by atoms with Gasteiger partial charge in [0.05, 0.1) is 92.5 Å². The average molecular weight is 595 g/mol. The van der Waals surface area contributed by atoms with Crippen LogP contribution in [-0.4, -0.2) is 118 Å². The van der Waals surface area contributed by atoms with E-state index in [1.54, 1.807) is 0 Å². The number of carbonyl (C=O) groups excluding carboxylic acids is 2. The van der Waals surface area contributed by atoms with Crippen molar-refractivity contribution in [2.24, 2.45) is 0 Å². The summed E-state index contributed by atoms with van der Waals surface area (Å²) in [5, 5.41) is 0. The fourth-order valence-corrected chi connectivity index (χ4v) is 3.43. The maximum absolute atomic E-state index is 11.7. The lowest BCUT2D eigenvalue weighted by atomic mass is 10.1. The van der Waals surface area contributed by atoms with Crippen molar-refractivity contribution in [2.75, 3.05) is 106 Å². The van der Waals surface area contributed by atoms with Gasteiger partial charge in [-0.15, -0.1) is 0 Å². The van der Waals surface area contributed by atoms with E-state index in [-0.39, 0.29) is 25.2 Å². The summed E-state index contributed by atoms with van der Waals surface area (Å²) in [7, 11) is 0. The summed E-state index contributed by atoms with van der Waals surface area (Å²) in [6.07, 6.45) is 10.0. The van der Waals surface area contributed by atoms with Crippen molar-refractivity contribution in [2.45, 2.75) is 78.1 Å². The molecule has 0 aliphatic rings. The van der Waals surface area contributed by atoms with Gasteiger partial charge in [-0.1, -0.05) is 52.4 Å². The molecule has 0 spiro atoms. The molecule has 0 aromatic carbocycles. The Morgan fingerprint density at radius 3 is 0.976 bits per heavy atom. The van der Waals surface area contributed by atoms with Crippen LogP contribution in [0, 0.1) is 0 Å². The van der Waals surface area contributed by atoms with Gasteiger partial charge in [-0.05, 0) is 12.8 Å². The molecule has 0 aliphatic heterocycles. The third-order valence-corrected chi connectivity index (χ3v) is 5.65. The zero-order valence-electron chi connectivity index (χ0n) is 25.9. The quantitative estimate of drug-likeness (QED) is 0.0791. The molecule has 0 unspecified atom stereocenters. The van der Waals surface area contributed by atoms with Crippen molar-refractivity contribution in [3.8, 4) is 0 Å². The molecule has 11 heteroatoms. The van der Waals surface area contributed by atoms with E-state index < -0.39 is 0 Å². The molecule has 244 valence electrons. The Morgan fingerprint density at radius 1 is 0.341 bits per heavy atom. The average Bonchev–Trinajstić information content (AvgIpc) is 2.96. The molecule has 41 heavy (non-hydrogen) atoms. The number of ether oxygens (including phenoxy) is 9. The molecule has 0 rings (SSSR count). The van der Waals surface area contributed by atoms with Gasteiger partial charge in [-0.3, -0.25) is 9.59 Å². The molecule has 0 saturated carbocycles. The van der Waals surface area contributed by atoms with Gasteiger partial charge < -0.3 is 42.6 Å². The monoisotopic (exact) mass is 594 g/mol. The van der Waals surface area contributed by atoms with Gasteiger partial charge in [0.15, 0.2) is 0 Å². The van der Waals surface area contributed by atoms with Gasteiger partial charge in [0.25, 0.3) is 0 Å². The highest BCUT2D eigenvalue weighted by Crippen LogP contribution is 2.08. The number of hydrogen-bond donors (Lipinski definition) is 0. The van der Waals surface area contributed by atoms with E-state index in [2.05, 4.69) is 6.92 Å². The Balaban J connectivity index is 3.12. The van der Waals surface area contributed by atoms with E-state index >= 15 is 0 Å². The summed E-state index contributed by atoms with van der Waals surface area (Å²) in [5.41, 5.74) is 0. The third kappa shape index (κ3) is 34.8. The summed E-state index contributed by atoms with van der Waals surface area (Å²) in [5.74, 6) is -0.331. The maximum atomic E-state index is 11.7. The van der Waals surface area contributed by atoms with Crippen molar-refractivity contribution in [3.05, 3.63) is 0 Å². The Labute approximate surface area is 248 Å². The molecule has 0 fully saturated rings. The number of carbonyl (C=O) groups is 2. The second kappa shape index (κ2) is 34.9. The number of esters is 2. The van der Waals surface area contributed by atoms with E-state index in [0.29, 0.717) is 105 Å². The van der Waals surface area contributed by atoms with Crippen molar-refractivity contribution in [1.29, 1.82) is 0 Å². The summed E-state index contributed by atoms with van der Waals surface area (Å²) in [6, 6.07) is 0. The fraction of sp³-hybridized carbons (Fsp3) is 0.933. The van der Waals surface area contributed by atoms with Crippen LogP contribution in [0.4, 0.5) is 0 Å². The highest BCUT2D eigenvalue weighted by molar-refractivity contribution is 5.69. The summed E-state index contributed by atoms with van der Waals surface area (Å²) < 4.78 is 48.1. The Morgan fingerprint density at radius 2 is 0.634 bits per heavy atom. The predicted molar refractivity (Wildman–Crippen MR) is 155 cm³/mol. The van der Waals surface area contributed by atoms with Crippen molar-refractivity contribution in [1.82, 2.24) is 0 Å². The van der Waals surface area contributed by atoms with E-state index in [0.717, 1.165) is 19.3 Å². The second-order valence-corrected chi connectivity index (χ2v) is 9.35. The lowest BCUT2D eigenvalue weighted by molar-refractivity contribution is -0.146. The topological polar surface area (TPSA) is 117 Å². The molecule has 0 aliphatic carbocycles. The molecule has 0 radical (unpaired) electrons. The first-order chi connectivity index (χ1) is 20.2. The normalized spacial score (nSPS) is 11.2. The minimum absolute atomic E-state index is 0.142. The van der Waals surface area contributed by atoms with Crippen LogP contribution in [0.3, 0.4) is 0 Å². The largest absolute Gasteiger partial charge is 0.463 e. The van der Waals surface area contributed by atoms with Gasteiger partial charge in [-0.2, -0.15) is 0 Å². The van der Waals surface area contributed by atoms with E-state index in [1.807, 2.05) is 6.92 Å². The van der Waals surface area contributed by atoms with Crippen LogP contribution in [0.25, 0.3) is 0 Å². The summed E-state index contributed by atoms with van der Waals surface area (Å²) in [4.78, 5) is 22.8. The lowest BCUT2D eigenvalue weighted by Crippen LogP contribution is -2.15. The van der Waals surface area contributed by atoms with Crippen LogP contribution in [-0.2, 0) is 52.2 Å². The number of rotatable bonds is 34. The molecule has 0 heterocycles. The first kappa shape index (κ1) is 39.7. The molecule has 0 aromatic heterocycles. The van der Waals surface area contributed by atoms with Gasteiger partial charge in [0, 0.05) is 12.8 Å². The van der Waals surface area contributed by atoms with Gasteiger partial charge in [0.2, 0.25) is 0 Å². The minimum Gasteiger partial charge on any atom is -0.463 e. The Kier molecular flexibility index (Phi) is 33.7. The first-order valence-electron chi connectivity index (χ1n) is 15.6. The molecule has 0 N–H and O–H groups in total. The molecule has 0 amide bonds.